The van der Waals surface area contributed by atoms with E-state index in [-0.39, 0.29) is 11.0 Å². The van der Waals surface area contributed by atoms with Gasteiger partial charge in [0.15, 0.2) is 11.5 Å². The van der Waals surface area contributed by atoms with Crippen LogP contribution < -0.4 is 26.0 Å². The second-order valence-electron chi connectivity index (χ2n) is 12.0. The Morgan fingerprint density at radius 1 is 1.04 bits per heavy atom. The molecule has 1 amide bonds. The van der Waals surface area contributed by atoms with Crippen LogP contribution in [0.3, 0.4) is 0 Å². The average Bonchev–Trinajstić information content (AvgIpc) is 3.10. The van der Waals surface area contributed by atoms with E-state index in [1.54, 1.807) is 45.0 Å². The maximum Gasteiger partial charge on any atom is 0.257 e. The van der Waals surface area contributed by atoms with E-state index in [1.807, 2.05) is 66.2 Å². The number of ether oxygens (including phenoxy) is 3. The van der Waals surface area contributed by atoms with E-state index < -0.39 is 11.4 Å². The molecule has 2 aromatic heterocycles. The lowest BCUT2D eigenvalue weighted by Gasteiger charge is -2.34. The molecule has 1 saturated heterocycles. The van der Waals surface area contributed by atoms with Gasteiger partial charge >= 0.3 is 0 Å². The first kappa shape index (κ1) is 31.7. The number of carbonyl (C=O) groups is 1. The van der Waals surface area contributed by atoms with Crippen LogP contribution >= 0.6 is 0 Å². The number of aromatic nitrogens is 2. The molecule has 0 aliphatic carbocycles. The molecule has 3 N–H and O–H groups in total. The summed E-state index contributed by atoms with van der Waals surface area (Å²) in [7, 11) is 3.12. The summed E-state index contributed by atoms with van der Waals surface area (Å²) in [5.41, 5.74) is 9.09. The van der Waals surface area contributed by atoms with Gasteiger partial charge < -0.3 is 29.8 Å². The van der Waals surface area contributed by atoms with E-state index in [0.29, 0.717) is 71.8 Å². The van der Waals surface area contributed by atoms with Crippen LogP contribution in [0.1, 0.15) is 46.3 Å². The van der Waals surface area contributed by atoms with Crippen molar-refractivity contribution in [1.29, 1.82) is 0 Å². The number of hydrogen-bond donors (Lipinski definition) is 2. The molecule has 10 nitrogen and oxygen atoms in total. The lowest BCUT2D eigenvalue weighted by Crippen LogP contribution is -2.49. The van der Waals surface area contributed by atoms with Crippen molar-refractivity contribution in [2.45, 2.75) is 38.3 Å². The Morgan fingerprint density at radius 2 is 1.81 bits per heavy atom. The predicted molar refractivity (Wildman–Crippen MR) is 183 cm³/mol. The van der Waals surface area contributed by atoms with Gasteiger partial charge in [-0.3, -0.25) is 14.6 Å². The fraction of sp³-hybridized carbons (Fsp3) is 0.297. The summed E-state index contributed by atoms with van der Waals surface area (Å²) in [6, 6.07) is 16.9. The van der Waals surface area contributed by atoms with Crippen LogP contribution in [0.4, 0.5) is 5.82 Å². The first-order chi connectivity index (χ1) is 22.8. The molecule has 2 aliphatic heterocycles. The number of amides is 1. The van der Waals surface area contributed by atoms with Crippen LogP contribution in [0, 0.1) is 12.8 Å². The summed E-state index contributed by atoms with van der Waals surface area (Å²) in [6.45, 7) is 4.08. The number of hydrogen-bond acceptors (Lipinski definition) is 8. The Bertz CT molecular complexity index is 1890. The zero-order valence-corrected chi connectivity index (χ0v) is 26.9. The van der Waals surface area contributed by atoms with Crippen LogP contribution in [0.5, 0.6) is 11.5 Å². The van der Waals surface area contributed by atoms with E-state index in [1.165, 1.54) is 0 Å². The molecule has 10 heteroatoms. The van der Waals surface area contributed by atoms with Crippen LogP contribution in [0.15, 0.2) is 89.1 Å². The minimum Gasteiger partial charge on any atom is -0.493 e. The van der Waals surface area contributed by atoms with Crippen molar-refractivity contribution in [3.05, 3.63) is 112 Å². The van der Waals surface area contributed by atoms with E-state index in [4.69, 9.17) is 24.9 Å². The van der Waals surface area contributed by atoms with Crippen molar-refractivity contribution in [2.24, 2.45) is 10.9 Å². The van der Waals surface area contributed by atoms with E-state index in [9.17, 15) is 9.59 Å². The Kier molecular flexibility index (Phi) is 9.22. The number of nitrogens with zero attached hydrogens (tertiary/aromatic N) is 3. The fourth-order valence-corrected chi connectivity index (χ4v) is 6.15. The van der Waals surface area contributed by atoms with Crippen LogP contribution in [-0.2, 0) is 16.8 Å². The summed E-state index contributed by atoms with van der Waals surface area (Å²) in [5, 5.41) is 3.19. The summed E-state index contributed by atoms with van der Waals surface area (Å²) < 4.78 is 18.6. The molecule has 1 unspecified atom stereocenters. The largest absolute Gasteiger partial charge is 0.493 e. The third-order valence-corrected chi connectivity index (χ3v) is 8.89. The molecule has 47 heavy (non-hydrogen) atoms. The number of benzene rings is 2. The smallest absolute Gasteiger partial charge is 0.257 e. The average molecular weight is 634 g/mol. The quantitative estimate of drug-likeness (QED) is 0.253. The minimum atomic E-state index is -1.12. The number of carbonyl (C=O) groups excluding carboxylic acids is 1. The zero-order chi connectivity index (χ0) is 33.0. The number of nitrogens with one attached hydrogen (secondary N) is 1. The number of rotatable bonds is 9. The van der Waals surface area contributed by atoms with Gasteiger partial charge in [-0.05, 0) is 61.1 Å². The molecule has 6 rings (SSSR count). The maximum atomic E-state index is 14.4. The number of aliphatic imine (C=N–C) groups is 1. The van der Waals surface area contributed by atoms with Crippen molar-refractivity contribution >= 4 is 23.6 Å². The van der Waals surface area contributed by atoms with Gasteiger partial charge in [0, 0.05) is 62.1 Å². The second-order valence-corrected chi connectivity index (χ2v) is 12.0. The van der Waals surface area contributed by atoms with E-state index in [0.717, 1.165) is 24.0 Å². The topological polar surface area (TPSA) is 130 Å². The molecule has 4 aromatic rings. The molecule has 0 bridgehead atoms. The third kappa shape index (κ3) is 6.69. The summed E-state index contributed by atoms with van der Waals surface area (Å²) in [4.78, 5) is 37.4. The number of pyridine rings is 2. The number of methoxy groups -OCH3 is 2. The lowest BCUT2D eigenvalue weighted by molar-refractivity contribution is 0.0611. The highest BCUT2D eigenvalue weighted by molar-refractivity contribution is 5.99. The van der Waals surface area contributed by atoms with Crippen molar-refractivity contribution in [3.63, 3.8) is 0 Å². The van der Waals surface area contributed by atoms with Crippen LogP contribution in [0.2, 0.25) is 0 Å². The highest BCUT2D eigenvalue weighted by atomic mass is 16.5. The Morgan fingerprint density at radius 3 is 2.49 bits per heavy atom. The molecule has 0 spiro atoms. The molecular formula is C37H39N5O5. The van der Waals surface area contributed by atoms with Gasteiger partial charge in [-0.15, -0.1) is 0 Å². The zero-order valence-electron chi connectivity index (χ0n) is 26.9. The van der Waals surface area contributed by atoms with Crippen molar-refractivity contribution in [3.8, 4) is 22.6 Å². The highest BCUT2D eigenvalue weighted by Crippen LogP contribution is 2.37. The predicted octanol–water partition coefficient (Wildman–Crippen LogP) is 5.39. The van der Waals surface area contributed by atoms with E-state index in [2.05, 4.69) is 10.3 Å². The Balaban J connectivity index is 1.42. The molecule has 1 fully saturated rings. The summed E-state index contributed by atoms with van der Waals surface area (Å²) in [6.07, 6.45) is 10.9. The minimum absolute atomic E-state index is 0.0506. The number of nitrogen functional groups attached to an aromatic ring is 1. The molecule has 0 radical (unpaired) electrons. The first-order valence-corrected chi connectivity index (χ1v) is 15.7. The van der Waals surface area contributed by atoms with Crippen molar-refractivity contribution < 1.29 is 19.0 Å². The molecule has 2 aromatic carbocycles. The number of nitrogens with two attached hydrogens (primary N) is 1. The Hall–Kier alpha value is -5.22. The van der Waals surface area contributed by atoms with Crippen LogP contribution in [-0.4, -0.2) is 49.1 Å². The molecule has 2 aliphatic rings. The maximum absolute atomic E-state index is 14.4. The van der Waals surface area contributed by atoms with Crippen molar-refractivity contribution in [1.82, 2.24) is 14.9 Å². The number of anilines is 1. The van der Waals surface area contributed by atoms with E-state index >= 15 is 0 Å². The van der Waals surface area contributed by atoms with Gasteiger partial charge in [0.2, 0.25) is 5.43 Å². The van der Waals surface area contributed by atoms with Crippen molar-refractivity contribution in [2.75, 3.05) is 33.2 Å². The van der Waals surface area contributed by atoms with Gasteiger partial charge in [-0.2, -0.15) is 0 Å². The molecule has 1 atom stereocenters. The number of aryl methyl sites for hydroxylation is 1. The first-order valence-electron chi connectivity index (χ1n) is 15.7. The fourth-order valence-electron chi connectivity index (χ4n) is 6.15. The lowest BCUT2D eigenvalue weighted by atomic mass is 9.84. The van der Waals surface area contributed by atoms with Gasteiger partial charge in [0.1, 0.15) is 16.9 Å². The molecule has 0 saturated carbocycles. The summed E-state index contributed by atoms with van der Waals surface area (Å²) >= 11 is 0. The molecule has 4 heterocycles. The summed E-state index contributed by atoms with van der Waals surface area (Å²) in [5.74, 6) is 1.27. The SMILES string of the molecule is COc1ccc(C2(NC(=O)c3cn(CC4CCOCC4)cc(-c4ccc(C)cc4)c3=O)C=NC(c3cccnc3N)=CC2)cc1OC. The van der Waals surface area contributed by atoms with Gasteiger partial charge in [0.05, 0.1) is 19.9 Å². The monoisotopic (exact) mass is 633 g/mol. The van der Waals surface area contributed by atoms with Gasteiger partial charge in [0.25, 0.3) is 5.91 Å². The van der Waals surface area contributed by atoms with Crippen LogP contribution in [0.25, 0.3) is 16.8 Å². The second kappa shape index (κ2) is 13.6. The standard InChI is InChI=1S/C37H39N5O5/c1-24-6-8-26(9-7-24)29-21-42(20-25-13-17-47-18-14-25)22-30(34(29)43)36(44)41-37(27-10-11-32(45-2)33(19-27)46-3)15-12-31(40-23-37)28-5-4-16-39-35(28)38/h4-12,16,19,21-23,25H,13-15,17-18,20H2,1-3H3,(H2,38,39)(H,41,44). The molecule has 242 valence electrons. The highest BCUT2D eigenvalue weighted by Gasteiger charge is 2.36. The van der Waals surface area contributed by atoms with Gasteiger partial charge in [-0.1, -0.05) is 42.0 Å². The molecular weight excluding hydrogens is 594 g/mol. The third-order valence-electron chi connectivity index (χ3n) is 8.89. The normalized spacial score (nSPS) is 18.0. The van der Waals surface area contributed by atoms with Gasteiger partial charge in [-0.25, -0.2) is 4.98 Å². The Labute approximate surface area is 273 Å².